The molecule has 0 unspecified atom stereocenters. The number of carbonyl (C=O) groups excluding carboxylic acids is 2. The number of nitrogens with zero attached hydrogens (tertiary/aromatic N) is 4. The van der Waals surface area contributed by atoms with Crippen LogP contribution >= 0.6 is 11.3 Å². The number of amides is 2. The van der Waals surface area contributed by atoms with Crippen LogP contribution in [0, 0.1) is 5.92 Å². The number of nitrogens with two attached hydrogens (primary N) is 1. The number of nitrogens with one attached hydrogen (secondary N) is 2. The van der Waals surface area contributed by atoms with E-state index in [4.69, 9.17) is 5.73 Å². The number of nitrogen functional groups attached to an aromatic ring is 1. The van der Waals surface area contributed by atoms with Crippen molar-refractivity contribution in [3.63, 3.8) is 0 Å². The minimum atomic E-state index is -0.0708. The molecule has 2 heterocycles. The summed E-state index contributed by atoms with van der Waals surface area (Å²) in [6, 6.07) is 0.119. The molecule has 1 fully saturated rings. The van der Waals surface area contributed by atoms with Crippen molar-refractivity contribution >= 4 is 28.3 Å². The fraction of sp³-hybridized carbons (Fsp3) is 0.588. The molecule has 0 aliphatic heterocycles. The molecule has 0 aromatic carbocycles. The van der Waals surface area contributed by atoms with E-state index in [2.05, 4.69) is 25.8 Å². The monoisotopic (exact) mass is 391 g/mol. The third-order valence-corrected chi connectivity index (χ3v) is 5.46. The molecule has 27 heavy (non-hydrogen) atoms. The van der Waals surface area contributed by atoms with Crippen LogP contribution in [0.5, 0.6) is 0 Å². The summed E-state index contributed by atoms with van der Waals surface area (Å²) < 4.78 is 2.00. The van der Waals surface area contributed by atoms with Crippen molar-refractivity contribution < 1.29 is 9.59 Å². The van der Waals surface area contributed by atoms with Crippen molar-refractivity contribution in [3.05, 3.63) is 23.7 Å². The second-order valence-electron chi connectivity index (χ2n) is 6.77. The highest BCUT2D eigenvalue weighted by molar-refractivity contribution is 7.15. The first-order valence-corrected chi connectivity index (χ1v) is 10.0. The van der Waals surface area contributed by atoms with Crippen LogP contribution < -0.4 is 16.4 Å². The molecular weight excluding hydrogens is 366 g/mol. The lowest BCUT2D eigenvalue weighted by atomic mass is 9.85. The number of aromatic nitrogens is 4. The number of hydrogen-bond acceptors (Lipinski definition) is 7. The Morgan fingerprint density at radius 1 is 1.26 bits per heavy atom. The highest BCUT2D eigenvalue weighted by Crippen LogP contribution is 2.24. The molecule has 0 radical (unpaired) electrons. The summed E-state index contributed by atoms with van der Waals surface area (Å²) in [5.74, 6) is 0.0858. The Kier molecular flexibility index (Phi) is 6.74. The van der Waals surface area contributed by atoms with E-state index >= 15 is 0 Å². The lowest BCUT2D eigenvalue weighted by molar-refractivity contribution is -0.126. The predicted molar refractivity (Wildman–Crippen MR) is 102 cm³/mol. The van der Waals surface area contributed by atoms with Gasteiger partial charge in [0.25, 0.3) is 0 Å². The standard InChI is InChI=1S/C17H25N7O2S/c18-17-23-22-15(27-17)10-14(25)21-13-4-2-12(3-5-13)16(26)20-6-1-8-24-9-7-19-11-24/h7,9,11-13H,1-6,8,10H2,(H2,18,23)(H,20,26)(H,21,25). The lowest BCUT2D eigenvalue weighted by Gasteiger charge is -2.28. The largest absolute Gasteiger partial charge is 0.374 e. The van der Waals surface area contributed by atoms with Crippen LogP contribution in [0.3, 0.4) is 0 Å². The van der Waals surface area contributed by atoms with Gasteiger partial charge in [0.15, 0.2) is 0 Å². The second kappa shape index (κ2) is 9.45. The third-order valence-electron chi connectivity index (χ3n) is 4.71. The second-order valence-corrected chi connectivity index (χ2v) is 7.87. The highest BCUT2D eigenvalue weighted by Gasteiger charge is 2.27. The molecular formula is C17H25N7O2S. The van der Waals surface area contributed by atoms with Crippen LogP contribution in [0.2, 0.25) is 0 Å². The van der Waals surface area contributed by atoms with E-state index in [1.54, 1.807) is 12.5 Å². The van der Waals surface area contributed by atoms with Crippen molar-refractivity contribution in [3.8, 4) is 0 Å². The minimum absolute atomic E-state index is 0.0364. The van der Waals surface area contributed by atoms with Gasteiger partial charge in [0.1, 0.15) is 5.01 Å². The van der Waals surface area contributed by atoms with Crippen LogP contribution in [-0.2, 0) is 22.6 Å². The van der Waals surface area contributed by atoms with Gasteiger partial charge < -0.3 is 20.9 Å². The first-order chi connectivity index (χ1) is 13.1. The fourth-order valence-electron chi connectivity index (χ4n) is 3.29. The molecule has 2 aromatic heterocycles. The summed E-state index contributed by atoms with van der Waals surface area (Å²) in [7, 11) is 0. The normalized spacial score (nSPS) is 19.6. The number of rotatable bonds is 8. The summed E-state index contributed by atoms with van der Waals surface area (Å²) in [6.45, 7) is 1.51. The summed E-state index contributed by atoms with van der Waals surface area (Å²) >= 11 is 1.23. The molecule has 9 nitrogen and oxygen atoms in total. The van der Waals surface area contributed by atoms with E-state index in [1.807, 2.05) is 10.8 Å². The Morgan fingerprint density at radius 2 is 2.07 bits per heavy atom. The Balaban J connectivity index is 1.30. The number of imidazole rings is 1. The Morgan fingerprint density at radius 3 is 2.74 bits per heavy atom. The Bertz CT molecular complexity index is 738. The van der Waals surface area contributed by atoms with Crippen LogP contribution in [0.4, 0.5) is 5.13 Å². The average molecular weight is 392 g/mol. The molecule has 1 saturated carbocycles. The third kappa shape index (κ3) is 6.02. The van der Waals surface area contributed by atoms with Crippen molar-refractivity contribution in [2.75, 3.05) is 12.3 Å². The van der Waals surface area contributed by atoms with Crippen LogP contribution in [0.25, 0.3) is 0 Å². The average Bonchev–Trinajstić information content (AvgIpc) is 3.31. The smallest absolute Gasteiger partial charge is 0.227 e. The Labute approximate surface area is 161 Å². The van der Waals surface area contributed by atoms with E-state index in [0.29, 0.717) is 16.7 Å². The zero-order valence-corrected chi connectivity index (χ0v) is 16.0. The van der Waals surface area contributed by atoms with Crippen LogP contribution in [-0.4, -0.2) is 44.1 Å². The predicted octanol–water partition coefficient (Wildman–Crippen LogP) is 0.741. The van der Waals surface area contributed by atoms with E-state index in [9.17, 15) is 9.59 Å². The summed E-state index contributed by atoms with van der Waals surface area (Å²) in [6.07, 6.45) is 9.74. The maximum atomic E-state index is 12.3. The van der Waals surface area contributed by atoms with Crippen molar-refractivity contribution in [1.29, 1.82) is 0 Å². The number of aryl methyl sites for hydroxylation is 1. The van der Waals surface area contributed by atoms with Crippen molar-refractivity contribution in [2.24, 2.45) is 5.92 Å². The molecule has 1 aliphatic rings. The minimum Gasteiger partial charge on any atom is -0.374 e. The molecule has 3 rings (SSSR count). The van der Waals surface area contributed by atoms with Crippen LogP contribution in [0.1, 0.15) is 37.1 Å². The zero-order chi connectivity index (χ0) is 19.1. The topological polar surface area (TPSA) is 128 Å². The van der Waals surface area contributed by atoms with Gasteiger partial charge in [0.05, 0.1) is 12.7 Å². The van der Waals surface area contributed by atoms with E-state index < -0.39 is 0 Å². The van der Waals surface area contributed by atoms with Crippen LogP contribution in [0.15, 0.2) is 18.7 Å². The van der Waals surface area contributed by atoms with E-state index in [-0.39, 0.29) is 30.2 Å². The van der Waals surface area contributed by atoms with Gasteiger partial charge in [-0.05, 0) is 32.1 Å². The number of anilines is 1. The number of hydrogen-bond donors (Lipinski definition) is 3. The molecule has 2 amide bonds. The highest BCUT2D eigenvalue weighted by atomic mass is 32.1. The quantitative estimate of drug-likeness (QED) is 0.570. The first kappa shape index (κ1) is 19.3. The molecule has 0 atom stereocenters. The summed E-state index contributed by atoms with van der Waals surface area (Å²) in [5.41, 5.74) is 5.52. The SMILES string of the molecule is Nc1nnc(CC(=O)NC2CCC(C(=O)NCCCn3ccnc3)CC2)s1. The first-order valence-electron chi connectivity index (χ1n) is 9.21. The number of carbonyl (C=O) groups is 2. The molecule has 4 N–H and O–H groups in total. The van der Waals surface area contributed by atoms with E-state index in [0.717, 1.165) is 38.6 Å². The lowest BCUT2D eigenvalue weighted by Crippen LogP contribution is -2.41. The summed E-state index contributed by atoms with van der Waals surface area (Å²) in [4.78, 5) is 28.4. The van der Waals surface area contributed by atoms with E-state index in [1.165, 1.54) is 11.3 Å². The summed E-state index contributed by atoms with van der Waals surface area (Å²) in [5, 5.41) is 14.6. The Hall–Kier alpha value is -2.49. The molecule has 146 valence electrons. The van der Waals surface area contributed by atoms with Gasteiger partial charge in [-0.25, -0.2) is 4.98 Å². The molecule has 0 spiro atoms. The van der Waals surface area contributed by atoms with Gasteiger partial charge in [-0.3, -0.25) is 9.59 Å². The van der Waals surface area contributed by atoms with Gasteiger partial charge in [0.2, 0.25) is 16.9 Å². The van der Waals surface area contributed by atoms with Gasteiger partial charge in [-0.1, -0.05) is 11.3 Å². The van der Waals surface area contributed by atoms with Crippen molar-refractivity contribution in [2.45, 2.75) is 51.1 Å². The fourth-order valence-corrected chi connectivity index (χ4v) is 3.90. The molecule has 0 bridgehead atoms. The van der Waals surface area contributed by atoms with Gasteiger partial charge in [-0.15, -0.1) is 10.2 Å². The maximum Gasteiger partial charge on any atom is 0.227 e. The van der Waals surface area contributed by atoms with Gasteiger partial charge >= 0.3 is 0 Å². The van der Waals surface area contributed by atoms with Crippen molar-refractivity contribution in [1.82, 2.24) is 30.4 Å². The van der Waals surface area contributed by atoms with Gasteiger partial charge in [-0.2, -0.15) is 0 Å². The maximum absolute atomic E-state index is 12.3. The molecule has 10 heteroatoms. The van der Waals surface area contributed by atoms with Gasteiger partial charge in [0, 0.05) is 37.4 Å². The zero-order valence-electron chi connectivity index (χ0n) is 15.1. The molecule has 0 saturated heterocycles. The molecule has 2 aromatic rings. The molecule has 1 aliphatic carbocycles.